The minimum Gasteiger partial charge on any atom is -0.479 e. The second kappa shape index (κ2) is 6.35. The monoisotopic (exact) mass is 329 g/mol. The van der Waals surface area contributed by atoms with Crippen molar-refractivity contribution in [1.82, 2.24) is 0 Å². The van der Waals surface area contributed by atoms with Crippen LogP contribution >= 0.6 is 34.8 Å². The maximum absolute atomic E-state index is 11.4. The molecule has 0 bridgehead atoms. The molecule has 104 valence electrons. The van der Waals surface area contributed by atoms with E-state index in [1.807, 2.05) is 0 Å². The van der Waals surface area contributed by atoms with Crippen molar-refractivity contribution in [2.45, 2.75) is 6.04 Å². The van der Waals surface area contributed by atoms with Gasteiger partial charge in [0.25, 0.3) is 0 Å². The number of anilines is 1. The van der Waals surface area contributed by atoms with E-state index in [2.05, 4.69) is 5.32 Å². The summed E-state index contributed by atoms with van der Waals surface area (Å²) in [5, 5.41) is 13.5. The lowest BCUT2D eigenvalue weighted by Crippen LogP contribution is -2.20. The van der Waals surface area contributed by atoms with E-state index in [0.717, 1.165) is 0 Å². The summed E-state index contributed by atoms with van der Waals surface area (Å²) in [6.45, 7) is 0. The van der Waals surface area contributed by atoms with Gasteiger partial charge in [-0.25, -0.2) is 4.79 Å². The van der Waals surface area contributed by atoms with Gasteiger partial charge in [0, 0.05) is 20.8 Å². The Balaban J connectivity index is 2.34. The van der Waals surface area contributed by atoms with Crippen LogP contribution in [0.5, 0.6) is 0 Å². The van der Waals surface area contributed by atoms with Crippen LogP contribution in [0.25, 0.3) is 0 Å². The summed E-state index contributed by atoms with van der Waals surface area (Å²) in [5.41, 5.74) is 1.07. The van der Waals surface area contributed by atoms with Crippen molar-refractivity contribution in [2.24, 2.45) is 0 Å². The second-order valence-corrected chi connectivity index (χ2v) is 5.44. The average Bonchev–Trinajstić information content (AvgIpc) is 2.34. The van der Waals surface area contributed by atoms with E-state index in [4.69, 9.17) is 34.8 Å². The van der Waals surface area contributed by atoms with Crippen LogP contribution in [0.3, 0.4) is 0 Å². The predicted octanol–water partition coefficient (Wildman–Crippen LogP) is 4.88. The fraction of sp³-hybridized carbons (Fsp3) is 0.0714. The Kier molecular flexibility index (Phi) is 4.76. The SMILES string of the molecule is O=C(O)C(Nc1cccc(Cl)c1)c1cc(Cl)cc(Cl)c1. The first-order valence-corrected chi connectivity index (χ1v) is 6.80. The summed E-state index contributed by atoms with van der Waals surface area (Å²) in [6.07, 6.45) is 0. The zero-order valence-corrected chi connectivity index (χ0v) is 12.4. The summed E-state index contributed by atoms with van der Waals surface area (Å²) in [7, 11) is 0. The Hall–Kier alpha value is -1.42. The maximum atomic E-state index is 11.4. The summed E-state index contributed by atoms with van der Waals surface area (Å²) in [5.74, 6) is -1.04. The molecule has 3 nitrogen and oxygen atoms in total. The molecule has 2 N–H and O–H groups in total. The smallest absolute Gasteiger partial charge is 0.330 e. The Morgan fingerprint density at radius 3 is 2.20 bits per heavy atom. The van der Waals surface area contributed by atoms with Crippen LogP contribution in [0.4, 0.5) is 5.69 Å². The molecule has 2 rings (SSSR count). The number of carboxylic acids is 1. The second-order valence-electron chi connectivity index (χ2n) is 4.13. The van der Waals surface area contributed by atoms with E-state index in [1.165, 1.54) is 0 Å². The lowest BCUT2D eigenvalue weighted by atomic mass is 10.1. The molecule has 0 aliphatic carbocycles. The van der Waals surface area contributed by atoms with Crippen LogP contribution in [-0.4, -0.2) is 11.1 Å². The molecule has 0 heterocycles. The Bertz CT molecular complexity index is 626. The quantitative estimate of drug-likeness (QED) is 0.839. The van der Waals surface area contributed by atoms with Crippen LogP contribution in [0.2, 0.25) is 15.1 Å². The van der Waals surface area contributed by atoms with Crippen LogP contribution in [0.15, 0.2) is 42.5 Å². The highest BCUT2D eigenvalue weighted by Gasteiger charge is 2.20. The number of halogens is 3. The zero-order chi connectivity index (χ0) is 14.7. The van der Waals surface area contributed by atoms with E-state index in [-0.39, 0.29) is 0 Å². The number of nitrogens with one attached hydrogen (secondary N) is 1. The first-order valence-electron chi connectivity index (χ1n) is 5.66. The molecule has 0 aliphatic rings. The summed E-state index contributed by atoms with van der Waals surface area (Å²) >= 11 is 17.7. The molecule has 0 fully saturated rings. The predicted molar refractivity (Wildman–Crippen MR) is 81.9 cm³/mol. The highest BCUT2D eigenvalue weighted by Crippen LogP contribution is 2.27. The first kappa shape index (κ1) is 15.0. The molecule has 0 amide bonds. The van der Waals surface area contributed by atoms with E-state index in [1.54, 1.807) is 42.5 Å². The topological polar surface area (TPSA) is 49.3 Å². The summed E-state index contributed by atoms with van der Waals surface area (Å²) < 4.78 is 0. The van der Waals surface area contributed by atoms with Crippen LogP contribution in [-0.2, 0) is 4.79 Å². The molecular weight excluding hydrogens is 321 g/mol. The third-order valence-corrected chi connectivity index (χ3v) is 3.27. The summed E-state index contributed by atoms with van der Waals surface area (Å²) in [4.78, 5) is 11.4. The van der Waals surface area contributed by atoms with Gasteiger partial charge in [-0.2, -0.15) is 0 Å². The molecule has 2 aromatic rings. The van der Waals surface area contributed by atoms with Gasteiger partial charge in [-0.3, -0.25) is 0 Å². The van der Waals surface area contributed by atoms with Crippen molar-refractivity contribution in [3.8, 4) is 0 Å². The molecule has 1 atom stereocenters. The molecule has 0 aromatic heterocycles. The zero-order valence-electron chi connectivity index (χ0n) is 10.1. The van der Waals surface area contributed by atoms with Crippen molar-refractivity contribution >= 4 is 46.5 Å². The third-order valence-electron chi connectivity index (χ3n) is 2.60. The van der Waals surface area contributed by atoms with Crippen LogP contribution in [0, 0.1) is 0 Å². The first-order chi connectivity index (χ1) is 9.45. The molecule has 0 radical (unpaired) electrons. The van der Waals surface area contributed by atoms with E-state index in [9.17, 15) is 9.90 Å². The average molecular weight is 331 g/mol. The number of carboxylic acid groups (broad SMARTS) is 1. The minimum atomic E-state index is -1.04. The minimum absolute atomic E-state index is 0.381. The van der Waals surface area contributed by atoms with Gasteiger partial charge >= 0.3 is 5.97 Å². The van der Waals surface area contributed by atoms with Gasteiger partial charge in [0.15, 0.2) is 6.04 Å². The molecule has 0 saturated carbocycles. The Morgan fingerprint density at radius 2 is 1.65 bits per heavy atom. The maximum Gasteiger partial charge on any atom is 0.330 e. The highest BCUT2D eigenvalue weighted by molar-refractivity contribution is 6.34. The molecule has 0 aliphatic heterocycles. The number of rotatable bonds is 4. The van der Waals surface area contributed by atoms with Gasteiger partial charge < -0.3 is 10.4 Å². The summed E-state index contributed by atoms with van der Waals surface area (Å²) in [6, 6.07) is 10.5. The Labute approximate surface area is 131 Å². The van der Waals surface area contributed by atoms with E-state index in [0.29, 0.717) is 26.3 Å². The van der Waals surface area contributed by atoms with Gasteiger partial charge in [0.05, 0.1) is 0 Å². The Morgan fingerprint density at radius 1 is 1.00 bits per heavy atom. The molecule has 1 unspecified atom stereocenters. The van der Waals surface area contributed by atoms with E-state index < -0.39 is 12.0 Å². The van der Waals surface area contributed by atoms with Gasteiger partial charge in [0.1, 0.15) is 0 Å². The fourth-order valence-corrected chi connectivity index (χ4v) is 2.51. The van der Waals surface area contributed by atoms with Crippen molar-refractivity contribution in [3.63, 3.8) is 0 Å². The van der Waals surface area contributed by atoms with Gasteiger partial charge in [-0.1, -0.05) is 40.9 Å². The number of aliphatic carboxylic acids is 1. The van der Waals surface area contributed by atoms with Crippen LogP contribution < -0.4 is 5.32 Å². The van der Waals surface area contributed by atoms with Crippen LogP contribution in [0.1, 0.15) is 11.6 Å². The lowest BCUT2D eigenvalue weighted by molar-refractivity contribution is -0.138. The van der Waals surface area contributed by atoms with Gasteiger partial charge in [0.2, 0.25) is 0 Å². The molecule has 20 heavy (non-hydrogen) atoms. The van der Waals surface area contributed by atoms with Gasteiger partial charge in [-0.15, -0.1) is 0 Å². The number of hydrogen-bond acceptors (Lipinski definition) is 2. The largest absolute Gasteiger partial charge is 0.479 e. The highest BCUT2D eigenvalue weighted by atomic mass is 35.5. The van der Waals surface area contributed by atoms with E-state index >= 15 is 0 Å². The normalized spacial score (nSPS) is 11.9. The van der Waals surface area contributed by atoms with Gasteiger partial charge in [-0.05, 0) is 42.0 Å². The lowest BCUT2D eigenvalue weighted by Gasteiger charge is -2.17. The molecular formula is C14H10Cl3NO2. The molecule has 2 aromatic carbocycles. The number of benzene rings is 2. The molecule has 0 saturated heterocycles. The van der Waals surface area contributed by atoms with Crippen molar-refractivity contribution < 1.29 is 9.90 Å². The molecule has 6 heteroatoms. The van der Waals surface area contributed by atoms with Crippen molar-refractivity contribution in [3.05, 3.63) is 63.1 Å². The van der Waals surface area contributed by atoms with Crippen molar-refractivity contribution in [1.29, 1.82) is 0 Å². The third kappa shape index (κ3) is 3.79. The van der Waals surface area contributed by atoms with Crippen molar-refractivity contribution in [2.75, 3.05) is 5.32 Å². The fourth-order valence-electron chi connectivity index (χ4n) is 1.77. The number of hydrogen-bond donors (Lipinski definition) is 2. The number of carbonyl (C=O) groups is 1. The molecule has 0 spiro atoms. The standard InChI is InChI=1S/C14H10Cl3NO2/c15-9-2-1-3-12(7-9)18-13(14(19)20)8-4-10(16)6-11(17)5-8/h1-7,13,18H,(H,19,20).